The largest absolute Gasteiger partial charge is 0.326 e. The summed E-state index contributed by atoms with van der Waals surface area (Å²) in [6, 6.07) is 10.0. The maximum absolute atomic E-state index is 5.54. The van der Waals surface area contributed by atoms with Gasteiger partial charge in [0.2, 0.25) is 0 Å². The van der Waals surface area contributed by atoms with E-state index in [0.29, 0.717) is 6.54 Å². The third-order valence-electron chi connectivity index (χ3n) is 2.71. The molecule has 0 atom stereocenters. The summed E-state index contributed by atoms with van der Waals surface area (Å²) in [5.74, 6) is 0. The molecule has 2 aromatic rings. The summed E-state index contributed by atoms with van der Waals surface area (Å²) < 4.78 is 0. The Morgan fingerprint density at radius 3 is 2.39 bits per heavy atom. The average Bonchev–Trinajstić information content (AvgIpc) is 2.40. The molecular weight excluding hydrogens is 224 g/mol. The summed E-state index contributed by atoms with van der Waals surface area (Å²) in [5.41, 5.74) is 8.72. The minimum Gasteiger partial charge on any atom is -0.326 e. The lowest BCUT2D eigenvalue weighted by atomic mass is 10.2. The van der Waals surface area contributed by atoms with E-state index in [2.05, 4.69) is 21.9 Å². The Labute approximate surface area is 107 Å². The molecule has 0 saturated heterocycles. The molecular formula is C14H18N4. The highest BCUT2D eigenvalue weighted by molar-refractivity contribution is 5.13. The van der Waals surface area contributed by atoms with Crippen LogP contribution in [-0.2, 0) is 19.6 Å². The number of aromatic nitrogens is 2. The van der Waals surface area contributed by atoms with Crippen LogP contribution in [0.15, 0.2) is 42.7 Å². The van der Waals surface area contributed by atoms with Crippen molar-refractivity contribution in [3.05, 3.63) is 59.7 Å². The molecule has 2 aromatic heterocycles. The van der Waals surface area contributed by atoms with E-state index in [0.717, 1.165) is 30.0 Å². The predicted molar refractivity (Wildman–Crippen MR) is 71.5 cm³/mol. The van der Waals surface area contributed by atoms with Crippen molar-refractivity contribution in [3.63, 3.8) is 0 Å². The van der Waals surface area contributed by atoms with Gasteiger partial charge in [-0.1, -0.05) is 12.1 Å². The van der Waals surface area contributed by atoms with E-state index in [1.54, 1.807) is 0 Å². The molecule has 2 rings (SSSR count). The van der Waals surface area contributed by atoms with Crippen LogP contribution >= 0.6 is 0 Å². The quantitative estimate of drug-likeness (QED) is 0.864. The Morgan fingerprint density at radius 2 is 1.83 bits per heavy atom. The van der Waals surface area contributed by atoms with Crippen LogP contribution in [0, 0.1) is 0 Å². The molecule has 0 aliphatic rings. The summed E-state index contributed by atoms with van der Waals surface area (Å²) in [5, 5.41) is 0. The smallest absolute Gasteiger partial charge is 0.0544 e. The van der Waals surface area contributed by atoms with E-state index < -0.39 is 0 Å². The number of hydrogen-bond donors (Lipinski definition) is 1. The van der Waals surface area contributed by atoms with Crippen LogP contribution in [0.3, 0.4) is 0 Å². The summed E-state index contributed by atoms with van der Waals surface area (Å²) in [6.07, 6.45) is 3.65. The SMILES string of the molecule is CN(Cc1ccccn1)Cc1ccc(CN)cn1. The van der Waals surface area contributed by atoms with Crippen molar-refractivity contribution in [3.8, 4) is 0 Å². The molecule has 2 N–H and O–H groups in total. The molecule has 0 aliphatic carbocycles. The minimum atomic E-state index is 0.539. The molecule has 0 saturated carbocycles. The van der Waals surface area contributed by atoms with E-state index in [4.69, 9.17) is 5.73 Å². The van der Waals surface area contributed by atoms with E-state index in [-0.39, 0.29) is 0 Å². The molecule has 2 heterocycles. The molecule has 0 fully saturated rings. The zero-order chi connectivity index (χ0) is 12.8. The summed E-state index contributed by atoms with van der Waals surface area (Å²) >= 11 is 0. The average molecular weight is 242 g/mol. The van der Waals surface area contributed by atoms with Crippen LogP contribution in [0.4, 0.5) is 0 Å². The van der Waals surface area contributed by atoms with Crippen LogP contribution in [0.2, 0.25) is 0 Å². The second kappa shape index (κ2) is 6.23. The van der Waals surface area contributed by atoms with Gasteiger partial charge in [-0.15, -0.1) is 0 Å². The first-order valence-electron chi connectivity index (χ1n) is 6.00. The zero-order valence-electron chi connectivity index (χ0n) is 10.6. The standard InChI is InChI=1S/C14H18N4/c1-18(10-13-4-2-3-7-16-13)11-14-6-5-12(8-15)9-17-14/h2-7,9H,8,10-11,15H2,1H3. The fourth-order valence-corrected chi connectivity index (χ4v) is 1.77. The topological polar surface area (TPSA) is 55.0 Å². The van der Waals surface area contributed by atoms with Gasteiger partial charge < -0.3 is 5.73 Å². The van der Waals surface area contributed by atoms with Crippen molar-refractivity contribution < 1.29 is 0 Å². The molecule has 0 aromatic carbocycles. The van der Waals surface area contributed by atoms with Gasteiger partial charge in [0.25, 0.3) is 0 Å². The van der Waals surface area contributed by atoms with E-state index in [1.165, 1.54) is 0 Å². The minimum absolute atomic E-state index is 0.539. The maximum atomic E-state index is 5.54. The van der Waals surface area contributed by atoms with Gasteiger partial charge in [0.1, 0.15) is 0 Å². The lowest BCUT2D eigenvalue weighted by Crippen LogP contribution is -2.18. The highest BCUT2D eigenvalue weighted by Gasteiger charge is 2.03. The first-order valence-corrected chi connectivity index (χ1v) is 6.00. The summed E-state index contributed by atoms with van der Waals surface area (Å²) in [7, 11) is 2.06. The molecule has 0 spiro atoms. The van der Waals surface area contributed by atoms with Gasteiger partial charge in [-0.05, 0) is 30.8 Å². The second-order valence-corrected chi connectivity index (χ2v) is 4.36. The van der Waals surface area contributed by atoms with Crippen LogP contribution in [0.1, 0.15) is 17.0 Å². The van der Waals surface area contributed by atoms with Gasteiger partial charge in [0.15, 0.2) is 0 Å². The molecule has 0 amide bonds. The fraction of sp³-hybridized carbons (Fsp3) is 0.286. The monoisotopic (exact) mass is 242 g/mol. The second-order valence-electron chi connectivity index (χ2n) is 4.36. The molecule has 0 unspecified atom stereocenters. The fourth-order valence-electron chi connectivity index (χ4n) is 1.77. The Balaban J connectivity index is 1.92. The summed E-state index contributed by atoms with van der Waals surface area (Å²) in [6.45, 7) is 2.17. The number of pyridine rings is 2. The van der Waals surface area contributed by atoms with Crippen LogP contribution in [0.25, 0.3) is 0 Å². The van der Waals surface area contributed by atoms with E-state index in [9.17, 15) is 0 Å². The zero-order valence-corrected chi connectivity index (χ0v) is 10.6. The first-order chi connectivity index (χ1) is 8.78. The third kappa shape index (κ3) is 3.61. The van der Waals surface area contributed by atoms with Crippen molar-refractivity contribution in [1.82, 2.24) is 14.9 Å². The molecule has 0 bridgehead atoms. The Morgan fingerprint density at radius 1 is 1.06 bits per heavy atom. The highest BCUT2D eigenvalue weighted by Crippen LogP contribution is 2.05. The Bertz CT molecular complexity index is 467. The molecule has 4 heteroatoms. The Hall–Kier alpha value is -1.78. The molecule has 94 valence electrons. The lowest BCUT2D eigenvalue weighted by Gasteiger charge is -2.15. The molecule has 4 nitrogen and oxygen atoms in total. The van der Waals surface area contributed by atoms with Gasteiger partial charge in [0.05, 0.1) is 11.4 Å². The summed E-state index contributed by atoms with van der Waals surface area (Å²) in [4.78, 5) is 10.9. The Kier molecular flexibility index (Phi) is 4.39. The molecule has 0 aliphatic heterocycles. The van der Waals surface area contributed by atoms with E-state index >= 15 is 0 Å². The van der Waals surface area contributed by atoms with Crippen molar-refractivity contribution >= 4 is 0 Å². The lowest BCUT2D eigenvalue weighted by molar-refractivity contribution is 0.311. The third-order valence-corrected chi connectivity index (χ3v) is 2.71. The van der Waals surface area contributed by atoms with Gasteiger partial charge >= 0.3 is 0 Å². The van der Waals surface area contributed by atoms with Gasteiger partial charge in [-0.25, -0.2) is 0 Å². The number of nitrogens with zero attached hydrogens (tertiary/aromatic N) is 3. The van der Waals surface area contributed by atoms with Crippen molar-refractivity contribution in [1.29, 1.82) is 0 Å². The number of rotatable bonds is 5. The number of nitrogens with two attached hydrogens (primary N) is 1. The van der Waals surface area contributed by atoms with Gasteiger partial charge in [-0.3, -0.25) is 14.9 Å². The van der Waals surface area contributed by atoms with Crippen molar-refractivity contribution in [2.24, 2.45) is 5.73 Å². The highest BCUT2D eigenvalue weighted by atomic mass is 15.1. The van der Waals surface area contributed by atoms with Crippen LogP contribution in [0.5, 0.6) is 0 Å². The number of hydrogen-bond acceptors (Lipinski definition) is 4. The first kappa shape index (κ1) is 12.7. The molecule has 18 heavy (non-hydrogen) atoms. The van der Waals surface area contributed by atoms with Crippen molar-refractivity contribution in [2.45, 2.75) is 19.6 Å². The van der Waals surface area contributed by atoms with Gasteiger partial charge in [-0.2, -0.15) is 0 Å². The van der Waals surface area contributed by atoms with Crippen LogP contribution in [-0.4, -0.2) is 21.9 Å². The van der Waals surface area contributed by atoms with E-state index in [1.807, 2.05) is 42.7 Å². The maximum Gasteiger partial charge on any atom is 0.0544 e. The van der Waals surface area contributed by atoms with Crippen molar-refractivity contribution in [2.75, 3.05) is 7.05 Å². The normalized spacial score (nSPS) is 10.8. The van der Waals surface area contributed by atoms with Gasteiger partial charge in [0, 0.05) is 32.0 Å². The van der Waals surface area contributed by atoms with Crippen LogP contribution < -0.4 is 5.73 Å². The molecule has 0 radical (unpaired) electrons. The predicted octanol–water partition coefficient (Wildman–Crippen LogP) is 1.57.